The van der Waals surface area contributed by atoms with Gasteiger partial charge in [0.25, 0.3) is 0 Å². The summed E-state index contributed by atoms with van der Waals surface area (Å²) in [7, 11) is -0.975. The number of halogens is 3. The Labute approximate surface area is 99.7 Å². The molecule has 0 spiro atoms. The summed E-state index contributed by atoms with van der Waals surface area (Å²) in [6, 6.07) is 3.62. The number of nitrogens with two attached hydrogens (primary N) is 1. The van der Waals surface area contributed by atoms with E-state index in [0.29, 0.717) is 18.0 Å². The normalized spacial score (nSPS) is 13.4. The standard InChI is InChI=1S/C10H13F3N2OS/c1-17(16)5-4-15-7-2-3-9(14)8(6-7)10(11,12)13/h2-3,6,15H,4-5,14H2,1H3. The van der Waals surface area contributed by atoms with Crippen molar-refractivity contribution in [3.63, 3.8) is 0 Å². The van der Waals surface area contributed by atoms with Gasteiger partial charge in [-0.1, -0.05) is 0 Å². The summed E-state index contributed by atoms with van der Waals surface area (Å²) in [4.78, 5) is 0. The molecule has 0 fully saturated rings. The molecule has 1 aromatic carbocycles. The first-order valence-electron chi connectivity index (χ1n) is 4.81. The van der Waals surface area contributed by atoms with Crippen LogP contribution in [0, 0.1) is 0 Å². The summed E-state index contributed by atoms with van der Waals surface area (Å²) < 4.78 is 48.4. The van der Waals surface area contributed by atoms with E-state index in [2.05, 4.69) is 5.32 Å². The molecule has 0 aliphatic carbocycles. The van der Waals surface area contributed by atoms with E-state index in [1.807, 2.05) is 0 Å². The summed E-state index contributed by atoms with van der Waals surface area (Å²) in [5.74, 6) is 0.381. The van der Waals surface area contributed by atoms with Gasteiger partial charge in [0.1, 0.15) is 0 Å². The second-order valence-corrected chi connectivity index (χ2v) is 5.06. The molecule has 0 aromatic heterocycles. The fourth-order valence-electron chi connectivity index (χ4n) is 1.25. The largest absolute Gasteiger partial charge is 0.418 e. The second-order valence-electron chi connectivity index (χ2n) is 3.50. The summed E-state index contributed by atoms with van der Waals surface area (Å²) in [5, 5.41) is 2.77. The molecule has 17 heavy (non-hydrogen) atoms. The molecule has 1 aromatic rings. The van der Waals surface area contributed by atoms with E-state index in [-0.39, 0.29) is 5.69 Å². The first-order valence-corrected chi connectivity index (χ1v) is 6.54. The molecule has 7 heteroatoms. The first-order chi connectivity index (χ1) is 7.80. The Balaban J connectivity index is 2.79. The van der Waals surface area contributed by atoms with Gasteiger partial charge < -0.3 is 11.1 Å². The van der Waals surface area contributed by atoms with Crippen LogP contribution in [-0.4, -0.2) is 22.8 Å². The average molecular weight is 266 g/mol. The van der Waals surface area contributed by atoms with Crippen molar-refractivity contribution in [2.45, 2.75) is 6.18 Å². The van der Waals surface area contributed by atoms with Gasteiger partial charge >= 0.3 is 6.18 Å². The average Bonchev–Trinajstić information content (AvgIpc) is 2.18. The Hall–Kier alpha value is -1.24. The maximum Gasteiger partial charge on any atom is 0.418 e. The van der Waals surface area contributed by atoms with Crippen molar-refractivity contribution in [3.8, 4) is 0 Å². The van der Waals surface area contributed by atoms with Crippen molar-refractivity contribution in [1.29, 1.82) is 0 Å². The molecule has 1 unspecified atom stereocenters. The third-order valence-electron chi connectivity index (χ3n) is 2.08. The van der Waals surface area contributed by atoms with Crippen LogP contribution in [0.1, 0.15) is 5.56 Å². The lowest BCUT2D eigenvalue weighted by molar-refractivity contribution is -0.136. The predicted octanol–water partition coefficient (Wildman–Crippen LogP) is 2.08. The molecular formula is C10H13F3N2OS. The third-order valence-corrected chi connectivity index (χ3v) is 2.86. The molecule has 96 valence electrons. The lowest BCUT2D eigenvalue weighted by atomic mass is 10.1. The number of hydrogen-bond acceptors (Lipinski definition) is 3. The van der Waals surface area contributed by atoms with E-state index in [1.54, 1.807) is 0 Å². The SMILES string of the molecule is CS(=O)CCNc1ccc(N)c(C(F)(F)F)c1. The first kappa shape index (κ1) is 13.8. The van der Waals surface area contributed by atoms with E-state index < -0.39 is 22.5 Å². The van der Waals surface area contributed by atoms with Crippen LogP contribution in [0.4, 0.5) is 24.5 Å². The van der Waals surface area contributed by atoms with E-state index in [0.717, 1.165) is 6.07 Å². The number of rotatable bonds is 4. The number of hydrogen-bond donors (Lipinski definition) is 2. The van der Waals surface area contributed by atoms with Crippen molar-refractivity contribution < 1.29 is 17.4 Å². The zero-order chi connectivity index (χ0) is 13.1. The Morgan fingerprint density at radius 1 is 1.41 bits per heavy atom. The molecule has 0 amide bonds. The second kappa shape index (κ2) is 5.39. The molecule has 3 N–H and O–H groups in total. The summed E-state index contributed by atoms with van der Waals surface area (Å²) in [6.07, 6.45) is -2.93. The topological polar surface area (TPSA) is 55.1 Å². The van der Waals surface area contributed by atoms with Gasteiger partial charge in [0, 0.05) is 40.7 Å². The van der Waals surface area contributed by atoms with E-state index in [1.165, 1.54) is 18.4 Å². The van der Waals surface area contributed by atoms with Gasteiger partial charge in [0.2, 0.25) is 0 Å². The van der Waals surface area contributed by atoms with Crippen LogP contribution >= 0.6 is 0 Å². The highest BCUT2D eigenvalue weighted by Crippen LogP contribution is 2.34. The van der Waals surface area contributed by atoms with E-state index >= 15 is 0 Å². The molecule has 0 aliphatic heterocycles. The van der Waals surface area contributed by atoms with Gasteiger partial charge in [0.05, 0.1) is 5.56 Å². The fraction of sp³-hybridized carbons (Fsp3) is 0.400. The number of nitrogens with one attached hydrogen (secondary N) is 1. The van der Waals surface area contributed by atoms with E-state index in [4.69, 9.17) is 5.73 Å². The molecule has 0 bridgehead atoms. The minimum Gasteiger partial charge on any atom is -0.398 e. The van der Waals surface area contributed by atoms with Crippen molar-refractivity contribution in [3.05, 3.63) is 23.8 Å². The molecule has 1 rings (SSSR count). The van der Waals surface area contributed by atoms with Gasteiger partial charge in [0.15, 0.2) is 0 Å². The Morgan fingerprint density at radius 2 is 2.06 bits per heavy atom. The van der Waals surface area contributed by atoms with Crippen molar-refractivity contribution in [1.82, 2.24) is 0 Å². The molecule has 1 atom stereocenters. The molecular weight excluding hydrogens is 253 g/mol. The molecule has 0 aliphatic rings. The smallest absolute Gasteiger partial charge is 0.398 e. The number of nitrogen functional groups attached to an aromatic ring is 1. The van der Waals surface area contributed by atoms with Crippen LogP contribution < -0.4 is 11.1 Å². The van der Waals surface area contributed by atoms with Crippen LogP contribution in [0.3, 0.4) is 0 Å². The lowest BCUT2D eigenvalue weighted by Gasteiger charge is -2.12. The van der Waals surface area contributed by atoms with Crippen molar-refractivity contribution >= 4 is 22.2 Å². The van der Waals surface area contributed by atoms with Crippen molar-refractivity contribution in [2.24, 2.45) is 0 Å². The van der Waals surface area contributed by atoms with E-state index in [9.17, 15) is 17.4 Å². The third kappa shape index (κ3) is 4.26. The van der Waals surface area contributed by atoms with Crippen LogP contribution in [0.5, 0.6) is 0 Å². The summed E-state index contributed by atoms with van der Waals surface area (Å²) in [6.45, 7) is 0.352. The quantitative estimate of drug-likeness (QED) is 0.820. The minimum atomic E-state index is -4.46. The molecule has 0 saturated heterocycles. The highest BCUT2D eigenvalue weighted by Gasteiger charge is 2.33. The lowest BCUT2D eigenvalue weighted by Crippen LogP contribution is -2.12. The predicted molar refractivity (Wildman–Crippen MR) is 63.3 cm³/mol. The molecule has 0 heterocycles. The van der Waals surface area contributed by atoms with Gasteiger partial charge in [-0.3, -0.25) is 4.21 Å². The zero-order valence-corrected chi connectivity index (χ0v) is 9.99. The van der Waals surface area contributed by atoms with Gasteiger partial charge in [-0.25, -0.2) is 0 Å². The Bertz CT molecular complexity index is 421. The van der Waals surface area contributed by atoms with Gasteiger partial charge in [-0.2, -0.15) is 13.2 Å². The number of anilines is 2. The number of alkyl halides is 3. The maximum absolute atomic E-state index is 12.5. The summed E-state index contributed by atoms with van der Waals surface area (Å²) in [5.41, 5.74) is 4.41. The maximum atomic E-state index is 12.5. The molecule has 0 saturated carbocycles. The monoisotopic (exact) mass is 266 g/mol. The van der Waals surface area contributed by atoms with Crippen LogP contribution in [0.15, 0.2) is 18.2 Å². The van der Waals surface area contributed by atoms with Gasteiger partial charge in [-0.05, 0) is 18.2 Å². The van der Waals surface area contributed by atoms with Crippen molar-refractivity contribution in [2.75, 3.05) is 29.6 Å². The highest BCUT2D eigenvalue weighted by molar-refractivity contribution is 7.84. The molecule has 0 radical (unpaired) electrons. The highest BCUT2D eigenvalue weighted by atomic mass is 32.2. The van der Waals surface area contributed by atoms with Crippen LogP contribution in [0.25, 0.3) is 0 Å². The van der Waals surface area contributed by atoms with Gasteiger partial charge in [-0.15, -0.1) is 0 Å². The Kier molecular flexibility index (Phi) is 4.39. The Morgan fingerprint density at radius 3 is 2.59 bits per heavy atom. The molecule has 3 nitrogen and oxygen atoms in total. The fourth-order valence-corrected chi connectivity index (χ4v) is 1.64. The number of benzene rings is 1. The summed E-state index contributed by atoms with van der Waals surface area (Å²) >= 11 is 0. The minimum absolute atomic E-state index is 0.304. The van der Waals surface area contributed by atoms with Crippen LogP contribution in [-0.2, 0) is 17.0 Å². The van der Waals surface area contributed by atoms with Crippen LogP contribution in [0.2, 0.25) is 0 Å². The zero-order valence-electron chi connectivity index (χ0n) is 9.17.